The number of nitrogens with one attached hydrogen (secondary N) is 1. The SMILES string of the molecule is Cc1cccc(OCC(=O)N2CCC(NC(=O)C3CC3)CC2)c1C. The Labute approximate surface area is 143 Å². The summed E-state index contributed by atoms with van der Waals surface area (Å²) in [4.78, 5) is 26.0. The molecule has 1 aliphatic heterocycles. The lowest BCUT2D eigenvalue weighted by Crippen LogP contribution is -2.48. The number of rotatable bonds is 5. The number of amides is 2. The van der Waals surface area contributed by atoms with Crippen molar-refractivity contribution in [3.8, 4) is 5.75 Å². The molecule has 1 N–H and O–H groups in total. The summed E-state index contributed by atoms with van der Waals surface area (Å²) in [5.74, 6) is 1.23. The number of hydrogen-bond donors (Lipinski definition) is 1. The van der Waals surface area contributed by atoms with E-state index in [9.17, 15) is 9.59 Å². The van der Waals surface area contributed by atoms with Crippen LogP contribution >= 0.6 is 0 Å². The van der Waals surface area contributed by atoms with Crippen molar-refractivity contribution in [2.24, 2.45) is 5.92 Å². The van der Waals surface area contributed by atoms with Crippen LogP contribution in [0.15, 0.2) is 18.2 Å². The van der Waals surface area contributed by atoms with Crippen molar-refractivity contribution in [1.82, 2.24) is 10.2 Å². The standard InChI is InChI=1S/C19H26N2O3/c1-13-4-3-5-17(14(13)2)24-12-18(22)21-10-8-16(9-11-21)20-19(23)15-6-7-15/h3-5,15-16H,6-12H2,1-2H3,(H,20,23). The Morgan fingerprint density at radius 1 is 1.17 bits per heavy atom. The Morgan fingerprint density at radius 2 is 1.88 bits per heavy atom. The molecular weight excluding hydrogens is 304 g/mol. The molecule has 130 valence electrons. The zero-order valence-electron chi connectivity index (χ0n) is 14.5. The minimum absolute atomic E-state index is 0.0166. The average molecular weight is 330 g/mol. The molecule has 0 radical (unpaired) electrons. The van der Waals surface area contributed by atoms with Gasteiger partial charge in [-0.05, 0) is 56.7 Å². The summed E-state index contributed by atoms with van der Waals surface area (Å²) in [5.41, 5.74) is 2.24. The van der Waals surface area contributed by atoms with Crippen molar-refractivity contribution >= 4 is 11.8 Å². The smallest absolute Gasteiger partial charge is 0.260 e. The van der Waals surface area contributed by atoms with Crippen molar-refractivity contribution in [2.75, 3.05) is 19.7 Å². The molecule has 2 aliphatic rings. The summed E-state index contributed by atoms with van der Waals surface area (Å²) in [6, 6.07) is 6.08. The van der Waals surface area contributed by atoms with Gasteiger partial charge in [-0.15, -0.1) is 0 Å². The average Bonchev–Trinajstić information content (AvgIpc) is 3.41. The summed E-state index contributed by atoms with van der Waals surface area (Å²) in [6.45, 7) is 5.48. The summed E-state index contributed by atoms with van der Waals surface area (Å²) in [5, 5.41) is 3.10. The molecule has 1 saturated heterocycles. The van der Waals surface area contributed by atoms with Crippen LogP contribution < -0.4 is 10.1 Å². The minimum atomic E-state index is 0.0166. The second-order valence-electron chi connectivity index (χ2n) is 6.92. The largest absolute Gasteiger partial charge is 0.483 e. The van der Waals surface area contributed by atoms with Crippen LogP contribution in [0.4, 0.5) is 0 Å². The quantitative estimate of drug-likeness (QED) is 0.900. The van der Waals surface area contributed by atoms with Crippen LogP contribution in [0.2, 0.25) is 0 Å². The lowest BCUT2D eigenvalue weighted by Gasteiger charge is -2.32. The van der Waals surface area contributed by atoms with Gasteiger partial charge in [0, 0.05) is 25.0 Å². The first-order valence-electron chi connectivity index (χ1n) is 8.82. The fraction of sp³-hybridized carbons (Fsp3) is 0.579. The van der Waals surface area contributed by atoms with Crippen LogP contribution in [0.5, 0.6) is 5.75 Å². The van der Waals surface area contributed by atoms with E-state index in [4.69, 9.17) is 4.74 Å². The van der Waals surface area contributed by atoms with Crippen LogP contribution in [0.25, 0.3) is 0 Å². The van der Waals surface area contributed by atoms with Gasteiger partial charge in [0.15, 0.2) is 6.61 Å². The van der Waals surface area contributed by atoms with Crippen LogP contribution in [0.1, 0.15) is 36.8 Å². The Kier molecular flexibility index (Phi) is 5.07. The number of carbonyl (C=O) groups is 2. The van der Waals surface area contributed by atoms with Gasteiger partial charge < -0.3 is 15.0 Å². The van der Waals surface area contributed by atoms with Gasteiger partial charge in [-0.25, -0.2) is 0 Å². The Bertz CT molecular complexity index is 617. The molecule has 1 aromatic rings. The summed E-state index contributed by atoms with van der Waals surface area (Å²) >= 11 is 0. The van der Waals surface area contributed by atoms with E-state index in [1.165, 1.54) is 0 Å². The highest BCUT2D eigenvalue weighted by Gasteiger charge is 2.32. The highest BCUT2D eigenvalue weighted by atomic mass is 16.5. The van der Waals surface area contributed by atoms with Gasteiger partial charge in [0.05, 0.1) is 0 Å². The zero-order chi connectivity index (χ0) is 17.1. The molecule has 0 bridgehead atoms. The van der Waals surface area contributed by atoms with Gasteiger partial charge in [0.25, 0.3) is 5.91 Å². The highest BCUT2D eigenvalue weighted by Crippen LogP contribution is 2.29. The third kappa shape index (κ3) is 4.08. The number of nitrogens with zero attached hydrogens (tertiary/aromatic N) is 1. The molecule has 2 fully saturated rings. The maximum absolute atomic E-state index is 12.3. The van der Waals surface area contributed by atoms with Gasteiger partial charge in [0.2, 0.25) is 5.91 Å². The number of piperidine rings is 1. The lowest BCUT2D eigenvalue weighted by atomic mass is 10.0. The summed E-state index contributed by atoms with van der Waals surface area (Å²) < 4.78 is 5.70. The number of hydrogen-bond acceptors (Lipinski definition) is 3. The van der Waals surface area contributed by atoms with Gasteiger partial charge in [-0.3, -0.25) is 9.59 Å². The van der Waals surface area contributed by atoms with Crippen molar-refractivity contribution in [1.29, 1.82) is 0 Å². The molecular formula is C19H26N2O3. The minimum Gasteiger partial charge on any atom is -0.483 e. The second-order valence-corrected chi connectivity index (χ2v) is 6.92. The molecule has 3 rings (SSSR count). The molecule has 0 aromatic heterocycles. The molecule has 0 atom stereocenters. The number of carbonyl (C=O) groups excluding carboxylic acids is 2. The monoisotopic (exact) mass is 330 g/mol. The maximum atomic E-state index is 12.3. The predicted molar refractivity (Wildman–Crippen MR) is 91.9 cm³/mol. The first kappa shape index (κ1) is 16.8. The van der Waals surface area contributed by atoms with Gasteiger partial charge in [0.1, 0.15) is 5.75 Å². The molecule has 5 heteroatoms. The number of benzene rings is 1. The topological polar surface area (TPSA) is 58.6 Å². The number of likely N-dealkylation sites (tertiary alicyclic amines) is 1. The van der Waals surface area contributed by atoms with Gasteiger partial charge >= 0.3 is 0 Å². The molecule has 5 nitrogen and oxygen atoms in total. The van der Waals surface area contributed by atoms with E-state index in [1.54, 1.807) is 0 Å². The number of aryl methyl sites for hydroxylation is 1. The third-order valence-electron chi connectivity index (χ3n) is 5.05. The van der Waals surface area contributed by atoms with E-state index in [2.05, 4.69) is 5.32 Å². The van der Waals surface area contributed by atoms with E-state index in [0.717, 1.165) is 42.6 Å². The van der Waals surface area contributed by atoms with E-state index < -0.39 is 0 Å². The van der Waals surface area contributed by atoms with E-state index in [0.29, 0.717) is 13.1 Å². The third-order valence-corrected chi connectivity index (χ3v) is 5.05. The Morgan fingerprint density at radius 3 is 2.54 bits per heavy atom. The van der Waals surface area contributed by atoms with Crippen molar-refractivity contribution in [2.45, 2.75) is 45.6 Å². The molecule has 0 unspecified atom stereocenters. The highest BCUT2D eigenvalue weighted by molar-refractivity contribution is 5.81. The fourth-order valence-corrected chi connectivity index (χ4v) is 3.05. The molecule has 1 aromatic carbocycles. The molecule has 1 aliphatic carbocycles. The van der Waals surface area contributed by atoms with Crippen LogP contribution in [0, 0.1) is 19.8 Å². The normalized spacial score (nSPS) is 18.3. The van der Waals surface area contributed by atoms with E-state index in [-0.39, 0.29) is 30.4 Å². The predicted octanol–water partition coefficient (Wildman–Crippen LogP) is 2.20. The summed E-state index contributed by atoms with van der Waals surface area (Å²) in [7, 11) is 0. The molecule has 2 amide bonds. The summed E-state index contributed by atoms with van der Waals surface area (Å²) in [6.07, 6.45) is 3.71. The van der Waals surface area contributed by atoms with Crippen LogP contribution in [0.3, 0.4) is 0 Å². The molecule has 24 heavy (non-hydrogen) atoms. The number of ether oxygens (including phenoxy) is 1. The van der Waals surface area contributed by atoms with Crippen molar-refractivity contribution < 1.29 is 14.3 Å². The van der Waals surface area contributed by atoms with Crippen LogP contribution in [-0.4, -0.2) is 42.5 Å². The second kappa shape index (κ2) is 7.24. The Balaban J connectivity index is 1.43. The van der Waals surface area contributed by atoms with Crippen LogP contribution in [-0.2, 0) is 9.59 Å². The molecule has 1 heterocycles. The van der Waals surface area contributed by atoms with Gasteiger partial charge in [-0.2, -0.15) is 0 Å². The van der Waals surface area contributed by atoms with Crippen molar-refractivity contribution in [3.63, 3.8) is 0 Å². The first-order chi connectivity index (χ1) is 11.5. The first-order valence-corrected chi connectivity index (χ1v) is 8.82. The lowest BCUT2D eigenvalue weighted by molar-refractivity contribution is -0.134. The Hall–Kier alpha value is -2.04. The van der Waals surface area contributed by atoms with Crippen molar-refractivity contribution in [3.05, 3.63) is 29.3 Å². The molecule has 0 spiro atoms. The van der Waals surface area contributed by atoms with E-state index >= 15 is 0 Å². The van der Waals surface area contributed by atoms with E-state index in [1.807, 2.05) is 36.9 Å². The maximum Gasteiger partial charge on any atom is 0.260 e. The molecule has 1 saturated carbocycles. The fourth-order valence-electron chi connectivity index (χ4n) is 3.05. The zero-order valence-corrected chi connectivity index (χ0v) is 14.5. The van der Waals surface area contributed by atoms with Gasteiger partial charge in [-0.1, -0.05) is 12.1 Å².